The highest BCUT2D eigenvalue weighted by Gasteiger charge is 2.24. The Kier molecular flexibility index (Phi) is 3.19. The van der Waals surface area contributed by atoms with Crippen LogP contribution < -0.4 is 0 Å². The molecule has 0 unspecified atom stereocenters. The highest BCUT2D eigenvalue weighted by Crippen LogP contribution is 2.24. The zero-order valence-corrected chi connectivity index (χ0v) is 10.1. The molecule has 0 aliphatic rings. The number of hydrogen-bond acceptors (Lipinski definition) is 5. The molecule has 17 heavy (non-hydrogen) atoms. The van der Waals surface area contributed by atoms with Crippen LogP contribution in [0.4, 0.5) is 5.82 Å². The Morgan fingerprint density at radius 2 is 2.41 bits per heavy atom. The highest BCUT2D eigenvalue weighted by molar-refractivity contribution is 7.15. The molecule has 0 amide bonds. The standard InChI is InChI=1S/C10H11N3O3S/c1-2-3-7(14)6-8-9(13(15)16)12-4-5-17-10(12)11-8/h4-5H,2-3,6H2,1H3. The van der Waals surface area contributed by atoms with E-state index in [1.807, 2.05) is 6.92 Å². The fraction of sp³-hybridized carbons (Fsp3) is 0.400. The van der Waals surface area contributed by atoms with Crippen molar-refractivity contribution < 1.29 is 9.72 Å². The van der Waals surface area contributed by atoms with Gasteiger partial charge in [0.2, 0.25) is 0 Å². The van der Waals surface area contributed by atoms with Crippen molar-refractivity contribution in [3.05, 3.63) is 27.4 Å². The Morgan fingerprint density at radius 1 is 1.65 bits per heavy atom. The molecule has 2 heterocycles. The van der Waals surface area contributed by atoms with E-state index < -0.39 is 4.92 Å². The number of fused-ring (bicyclic) bond motifs is 1. The van der Waals surface area contributed by atoms with Gasteiger partial charge in [-0.2, -0.15) is 9.38 Å². The van der Waals surface area contributed by atoms with Gasteiger partial charge < -0.3 is 10.1 Å². The molecular weight excluding hydrogens is 242 g/mol. The fourth-order valence-corrected chi connectivity index (χ4v) is 2.41. The van der Waals surface area contributed by atoms with Crippen LogP contribution in [-0.4, -0.2) is 20.1 Å². The van der Waals surface area contributed by atoms with Crippen molar-refractivity contribution in [3.63, 3.8) is 0 Å². The van der Waals surface area contributed by atoms with Crippen LogP contribution in [0.5, 0.6) is 0 Å². The van der Waals surface area contributed by atoms with E-state index in [9.17, 15) is 14.9 Å². The van der Waals surface area contributed by atoms with E-state index in [0.29, 0.717) is 11.4 Å². The summed E-state index contributed by atoms with van der Waals surface area (Å²) in [7, 11) is 0. The van der Waals surface area contributed by atoms with Crippen molar-refractivity contribution in [1.82, 2.24) is 9.38 Å². The van der Waals surface area contributed by atoms with Gasteiger partial charge in [-0.3, -0.25) is 4.79 Å². The minimum absolute atomic E-state index is 0.0126. The van der Waals surface area contributed by atoms with E-state index in [0.717, 1.165) is 6.42 Å². The van der Waals surface area contributed by atoms with Gasteiger partial charge >= 0.3 is 5.82 Å². The summed E-state index contributed by atoms with van der Waals surface area (Å²) in [6.45, 7) is 1.90. The van der Waals surface area contributed by atoms with Crippen LogP contribution >= 0.6 is 11.3 Å². The van der Waals surface area contributed by atoms with E-state index in [1.165, 1.54) is 15.7 Å². The van der Waals surface area contributed by atoms with Gasteiger partial charge in [-0.15, -0.1) is 0 Å². The van der Waals surface area contributed by atoms with E-state index >= 15 is 0 Å². The van der Waals surface area contributed by atoms with Gasteiger partial charge in [-0.05, 0) is 11.3 Å². The lowest BCUT2D eigenvalue weighted by Crippen LogP contribution is -2.05. The third-order valence-corrected chi connectivity index (χ3v) is 3.13. The van der Waals surface area contributed by atoms with E-state index in [4.69, 9.17) is 0 Å². The Labute approximate surface area is 101 Å². The van der Waals surface area contributed by atoms with E-state index in [-0.39, 0.29) is 23.7 Å². The average molecular weight is 253 g/mol. The van der Waals surface area contributed by atoms with Crippen LogP contribution in [0.2, 0.25) is 0 Å². The molecule has 2 aromatic rings. The summed E-state index contributed by atoms with van der Waals surface area (Å²) in [6.07, 6.45) is 2.81. The van der Waals surface area contributed by atoms with Crippen molar-refractivity contribution in [2.45, 2.75) is 26.2 Å². The number of aromatic nitrogens is 2. The maximum atomic E-state index is 11.5. The van der Waals surface area contributed by atoms with Crippen molar-refractivity contribution in [2.24, 2.45) is 0 Å². The van der Waals surface area contributed by atoms with Gasteiger partial charge in [-0.25, -0.2) is 0 Å². The number of Topliss-reactive ketones (excluding diaryl/α,β-unsaturated/α-hetero) is 1. The Hall–Kier alpha value is -1.76. The van der Waals surface area contributed by atoms with E-state index in [1.54, 1.807) is 11.6 Å². The number of thiazole rings is 1. The SMILES string of the molecule is CCCC(=O)Cc1nc2sccn2c1[N+](=O)[O-]. The normalized spacial score (nSPS) is 10.9. The molecule has 0 N–H and O–H groups in total. The van der Waals surface area contributed by atoms with Gasteiger partial charge in [-0.1, -0.05) is 18.3 Å². The zero-order chi connectivity index (χ0) is 12.4. The molecule has 0 spiro atoms. The second-order valence-electron chi connectivity index (χ2n) is 3.66. The molecule has 2 rings (SSSR count). The first kappa shape index (κ1) is 11.7. The first-order valence-corrected chi connectivity index (χ1v) is 6.12. The maximum Gasteiger partial charge on any atom is 0.352 e. The molecule has 7 heteroatoms. The van der Waals surface area contributed by atoms with Crippen molar-refractivity contribution >= 4 is 27.9 Å². The molecule has 6 nitrogen and oxygen atoms in total. The minimum Gasteiger partial charge on any atom is -0.358 e. The second kappa shape index (κ2) is 4.62. The molecule has 0 fully saturated rings. The second-order valence-corrected chi connectivity index (χ2v) is 4.53. The van der Waals surface area contributed by atoms with Crippen molar-refractivity contribution in [2.75, 3.05) is 0 Å². The topological polar surface area (TPSA) is 77.5 Å². The Balaban J connectivity index is 2.39. The summed E-state index contributed by atoms with van der Waals surface area (Å²) in [4.78, 5) is 26.7. The predicted octanol–water partition coefficient (Wildman–Crippen LogP) is 2.22. The third-order valence-electron chi connectivity index (χ3n) is 2.37. The van der Waals surface area contributed by atoms with Crippen LogP contribution in [0.3, 0.4) is 0 Å². The molecular formula is C10H11N3O3S. The van der Waals surface area contributed by atoms with Crippen LogP contribution in [0.15, 0.2) is 11.6 Å². The molecule has 0 saturated heterocycles. The van der Waals surface area contributed by atoms with Gasteiger partial charge in [0.25, 0.3) is 4.96 Å². The third kappa shape index (κ3) is 2.19. The first-order chi connectivity index (χ1) is 8.13. The molecule has 0 aliphatic heterocycles. The van der Waals surface area contributed by atoms with Crippen LogP contribution in [-0.2, 0) is 11.2 Å². The summed E-state index contributed by atoms with van der Waals surface area (Å²) in [6, 6.07) is 0. The lowest BCUT2D eigenvalue weighted by Gasteiger charge is -1.97. The quantitative estimate of drug-likeness (QED) is 0.604. The van der Waals surface area contributed by atoms with Gasteiger partial charge in [0.05, 0.1) is 6.42 Å². The summed E-state index contributed by atoms with van der Waals surface area (Å²) in [5, 5.41) is 12.7. The van der Waals surface area contributed by atoms with Crippen molar-refractivity contribution in [3.8, 4) is 0 Å². The maximum absolute atomic E-state index is 11.5. The lowest BCUT2D eigenvalue weighted by molar-refractivity contribution is -0.391. The number of imidazole rings is 1. The molecule has 2 aromatic heterocycles. The monoisotopic (exact) mass is 253 g/mol. The van der Waals surface area contributed by atoms with Crippen LogP contribution in [0.25, 0.3) is 4.96 Å². The van der Waals surface area contributed by atoms with E-state index in [2.05, 4.69) is 4.98 Å². The molecule has 0 saturated carbocycles. The number of carbonyl (C=O) groups excluding carboxylic acids is 1. The number of nitrogens with zero attached hydrogens (tertiary/aromatic N) is 3. The summed E-state index contributed by atoms with van der Waals surface area (Å²) in [5.74, 6) is -0.105. The summed E-state index contributed by atoms with van der Waals surface area (Å²) >= 11 is 1.32. The van der Waals surface area contributed by atoms with Crippen molar-refractivity contribution in [1.29, 1.82) is 0 Å². The largest absolute Gasteiger partial charge is 0.358 e. The minimum atomic E-state index is -0.485. The number of rotatable bonds is 5. The number of ketones is 1. The van der Waals surface area contributed by atoms with Crippen LogP contribution in [0, 0.1) is 10.1 Å². The first-order valence-electron chi connectivity index (χ1n) is 5.24. The highest BCUT2D eigenvalue weighted by atomic mass is 32.1. The fourth-order valence-electron chi connectivity index (χ4n) is 1.68. The van der Waals surface area contributed by atoms with Crippen LogP contribution in [0.1, 0.15) is 25.5 Å². The summed E-state index contributed by atoms with van der Waals surface area (Å²) < 4.78 is 1.42. The molecule has 90 valence electrons. The predicted molar refractivity (Wildman–Crippen MR) is 63.3 cm³/mol. The Bertz CT molecular complexity index is 572. The molecule has 0 radical (unpaired) electrons. The number of carbonyl (C=O) groups is 1. The molecule has 0 atom stereocenters. The smallest absolute Gasteiger partial charge is 0.352 e. The van der Waals surface area contributed by atoms with Gasteiger partial charge in [0.1, 0.15) is 17.7 Å². The number of hydrogen-bond donors (Lipinski definition) is 0. The lowest BCUT2D eigenvalue weighted by atomic mass is 10.1. The number of nitro groups is 1. The molecule has 0 aromatic carbocycles. The van der Waals surface area contributed by atoms with Gasteiger partial charge in [0.15, 0.2) is 0 Å². The molecule has 0 aliphatic carbocycles. The zero-order valence-electron chi connectivity index (χ0n) is 9.25. The Morgan fingerprint density at radius 3 is 3.06 bits per heavy atom. The summed E-state index contributed by atoms with van der Waals surface area (Å²) in [5.41, 5.74) is 0.264. The molecule has 0 bridgehead atoms. The van der Waals surface area contributed by atoms with Gasteiger partial charge in [0, 0.05) is 11.8 Å². The average Bonchev–Trinajstić information content (AvgIpc) is 2.76.